The predicted molar refractivity (Wildman–Crippen MR) is 210 cm³/mol. The molecule has 0 bridgehead atoms. The molecular weight excluding hydrogens is 763 g/mol. The summed E-state index contributed by atoms with van der Waals surface area (Å²) in [4.78, 5) is 66.9. The second kappa shape index (κ2) is 16.6. The maximum absolute atomic E-state index is 13.9. The second-order valence-corrected chi connectivity index (χ2v) is 13.4. The third kappa shape index (κ3) is 8.26. The summed E-state index contributed by atoms with van der Waals surface area (Å²) >= 11 is 0. The van der Waals surface area contributed by atoms with E-state index in [1.165, 1.54) is 12.4 Å². The van der Waals surface area contributed by atoms with Gasteiger partial charge in [-0.3, -0.25) is 19.2 Å². The summed E-state index contributed by atoms with van der Waals surface area (Å²) in [6, 6.07) is 31.6. The molecule has 2 unspecified atom stereocenters. The molecular formula is C40H28N10O7P+. The standard InChI is InChI=1S/C40H27N10O7P/c51-35-29(21-41-33(45-35)31-11-5-17-43-49-31)37(53)47-39(27-15-13-23-7-1-3-9-25(23)19-27)56-58(55)57-40(28-16-14-24-8-2-4-10-26(24)20-28)48-38(54)30-22-42-34(46-36(30)52)32-12-6-18-44-50-32/h1-22,39-40H,(H3-,41,42,45,46,47,48,51,52,53,54)/p+1. The van der Waals surface area contributed by atoms with Crippen LogP contribution in [0.1, 0.15) is 44.3 Å². The fraction of sp³-hybridized carbons (Fsp3) is 0.0500. The van der Waals surface area contributed by atoms with E-state index in [1.54, 1.807) is 60.7 Å². The van der Waals surface area contributed by atoms with E-state index in [-0.39, 0.29) is 34.2 Å². The van der Waals surface area contributed by atoms with Gasteiger partial charge < -0.3 is 20.6 Å². The van der Waals surface area contributed by atoms with Gasteiger partial charge in [0.05, 0.1) is 0 Å². The van der Waals surface area contributed by atoms with Crippen molar-refractivity contribution in [2.75, 3.05) is 0 Å². The van der Waals surface area contributed by atoms with E-state index in [0.717, 1.165) is 33.9 Å². The molecule has 0 aliphatic heterocycles. The first-order valence-corrected chi connectivity index (χ1v) is 18.5. The summed E-state index contributed by atoms with van der Waals surface area (Å²) in [7, 11) is -3.19. The summed E-state index contributed by atoms with van der Waals surface area (Å²) < 4.78 is 25.7. The van der Waals surface area contributed by atoms with E-state index in [2.05, 4.69) is 51.0 Å². The molecule has 4 aromatic carbocycles. The molecule has 8 rings (SSSR count). The number of nitrogens with zero attached hydrogens (tertiary/aromatic N) is 6. The van der Waals surface area contributed by atoms with E-state index in [1.807, 2.05) is 48.5 Å². The Balaban J connectivity index is 1.08. The van der Waals surface area contributed by atoms with Crippen molar-refractivity contribution < 1.29 is 23.2 Å². The SMILES string of the molecule is O=C(NC(O[P+](=O)OC(NC(=O)c1cnc(-c2cccnn2)[nH]c1=O)c1ccc2ccccc2c1)c1ccc2ccccc2c1)c1cnc(-c2cccnn2)[nH]c1=O. The van der Waals surface area contributed by atoms with Crippen molar-refractivity contribution in [3.63, 3.8) is 0 Å². The van der Waals surface area contributed by atoms with Gasteiger partial charge in [-0.25, -0.2) is 9.97 Å². The van der Waals surface area contributed by atoms with Crippen LogP contribution in [0.5, 0.6) is 0 Å². The Kier molecular flexibility index (Phi) is 10.6. The average Bonchev–Trinajstić information content (AvgIpc) is 3.26. The highest BCUT2D eigenvalue weighted by atomic mass is 31.1. The molecule has 0 radical (unpaired) electrons. The summed E-state index contributed by atoms with van der Waals surface area (Å²) in [6.45, 7) is 0. The molecule has 0 saturated heterocycles. The lowest BCUT2D eigenvalue weighted by Gasteiger charge is -2.17. The molecule has 4 aromatic heterocycles. The predicted octanol–water partition coefficient (Wildman–Crippen LogP) is 5.32. The minimum Gasteiger partial charge on any atom is -0.318 e. The zero-order valence-electron chi connectivity index (χ0n) is 29.8. The minimum absolute atomic E-state index is 0.0921. The summed E-state index contributed by atoms with van der Waals surface area (Å²) in [6.07, 6.45) is 2.17. The van der Waals surface area contributed by atoms with Crippen LogP contribution in [-0.4, -0.2) is 52.1 Å². The number of aromatic amines is 2. The molecule has 0 fully saturated rings. The van der Waals surface area contributed by atoms with Gasteiger partial charge in [0.1, 0.15) is 22.5 Å². The van der Waals surface area contributed by atoms with Crippen molar-refractivity contribution in [3.05, 3.63) is 177 Å². The van der Waals surface area contributed by atoms with E-state index in [0.29, 0.717) is 11.1 Å². The van der Waals surface area contributed by atoms with E-state index >= 15 is 0 Å². The fourth-order valence-corrected chi connectivity index (χ4v) is 6.65. The van der Waals surface area contributed by atoms with Gasteiger partial charge in [-0.2, -0.15) is 10.2 Å². The monoisotopic (exact) mass is 791 g/mol. The molecule has 17 nitrogen and oxygen atoms in total. The first-order chi connectivity index (χ1) is 28.3. The Morgan fingerprint density at radius 1 is 0.569 bits per heavy atom. The van der Waals surface area contributed by atoms with Crippen LogP contribution in [0.25, 0.3) is 44.6 Å². The number of fused-ring (bicyclic) bond motifs is 2. The first-order valence-electron chi connectivity index (χ1n) is 17.4. The maximum atomic E-state index is 13.9. The van der Waals surface area contributed by atoms with Gasteiger partial charge in [0, 0.05) is 40.5 Å². The van der Waals surface area contributed by atoms with Crippen molar-refractivity contribution in [3.8, 4) is 23.0 Å². The molecule has 0 saturated carbocycles. The van der Waals surface area contributed by atoms with Crippen LogP contribution in [-0.2, 0) is 13.6 Å². The number of aromatic nitrogens is 8. The van der Waals surface area contributed by atoms with Crippen LogP contribution in [0.15, 0.2) is 144 Å². The highest BCUT2D eigenvalue weighted by molar-refractivity contribution is 7.33. The molecule has 58 heavy (non-hydrogen) atoms. The highest BCUT2D eigenvalue weighted by Crippen LogP contribution is 2.38. The summed E-state index contributed by atoms with van der Waals surface area (Å²) in [5.41, 5.74) is -1.03. The van der Waals surface area contributed by atoms with Crippen LogP contribution in [0.2, 0.25) is 0 Å². The molecule has 0 aliphatic carbocycles. The number of amides is 2. The topological polar surface area (TPSA) is 237 Å². The number of H-pyrrole nitrogens is 2. The first kappa shape index (κ1) is 37.2. The van der Waals surface area contributed by atoms with Crippen molar-refractivity contribution in [2.45, 2.75) is 12.5 Å². The summed E-state index contributed by atoms with van der Waals surface area (Å²) in [5.74, 6) is -1.63. The van der Waals surface area contributed by atoms with E-state index < -0.39 is 43.6 Å². The molecule has 4 N–H and O–H groups in total. The largest absolute Gasteiger partial charge is 0.702 e. The maximum Gasteiger partial charge on any atom is 0.702 e. The number of benzene rings is 4. The van der Waals surface area contributed by atoms with Gasteiger partial charge in [0.2, 0.25) is 12.5 Å². The van der Waals surface area contributed by atoms with Crippen LogP contribution >= 0.6 is 8.25 Å². The van der Waals surface area contributed by atoms with Crippen LogP contribution in [0.3, 0.4) is 0 Å². The van der Waals surface area contributed by atoms with Gasteiger partial charge in [-0.15, -0.1) is 10.2 Å². The van der Waals surface area contributed by atoms with Gasteiger partial charge in [0.25, 0.3) is 22.9 Å². The number of hydrogen-bond donors (Lipinski definition) is 4. The molecule has 0 aliphatic rings. The number of hydrogen-bond acceptors (Lipinski definition) is 13. The number of carbonyl (C=O) groups is 2. The molecule has 18 heteroatoms. The molecule has 8 aromatic rings. The summed E-state index contributed by atoms with van der Waals surface area (Å²) in [5, 5.41) is 23.9. The second-order valence-electron chi connectivity index (χ2n) is 12.5. The Morgan fingerprint density at radius 2 is 1.00 bits per heavy atom. The highest BCUT2D eigenvalue weighted by Gasteiger charge is 2.36. The normalized spacial score (nSPS) is 12.4. The number of rotatable bonds is 12. The minimum atomic E-state index is -3.19. The Hall–Kier alpha value is -7.72. The third-order valence-electron chi connectivity index (χ3n) is 8.78. The molecule has 284 valence electrons. The lowest BCUT2D eigenvalue weighted by atomic mass is 10.1. The van der Waals surface area contributed by atoms with Crippen LogP contribution < -0.4 is 21.8 Å². The zero-order chi connectivity index (χ0) is 40.0. The molecule has 2 atom stereocenters. The van der Waals surface area contributed by atoms with Gasteiger partial charge in [-0.05, 0) is 57.9 Å². The Bertz CT molecular complexity index is 2750. The van der Waals surface area contributed by atoms with Gasteiger partial charge in [-0.1, -0.05) is 81.8 Å². The quantitative estimate of drug-likeness (QED) is 0.0907. The molecule has 2 amide bonds. The zero-order valence-corrected chi connectivity index (χ0v) is 30.7. The molecule has 4 heterocycles. The fourth-order valence-electron chi connectivity index (χ4n) is 5.90. The lowest BCUT2D eigenvalue weighted by Crippen LogP contribution is -2.35. The van der Waals surface area contributed by atoms with E-state index in [9.17, 15) is 23.7 Å². The lowest BCUT2D eigenvalue weighted by molar-refractivity contribution is 0.0692. The Labute approximate surface area is 327 Å². The van der Waals surface area contributed by atoms with Gasteiger partial charge in [0.15, 0.2) is 11.6 Å². The number of nitrogens with one attached hydrogen (secondary N) is 4. The number of carbonyl (C=O) groups excluding carboxylic acids is 2. The van der Waals surface area contributed by atoms with Crippen molar-refractivity contribution >= 4 is 41.6 Å². The molecule has 0 spiro atoms. The van der Waals surface area contributed by atoms with Crippen LogP contribution in [0, 0.1) is 0 Å². The van der Waals surface area contributed by atoms with Crippen molar-refractivity contribution in [1.29, 1.82) is 0 Å². The van der Waals surface area contributed by atoms with Crippen molar-refractivity contribution in [1.82, 2.24) is 51.0 Å². The van der Waals surface area contributed by atoms with Crippen LogP contribution in [0.4, 0.5) is 0 Å². The Morgan fingerprint density at radius 3 is 1.40 bits per heavy atom. The average molecular weight is 792 g/mol. The van der Waals surface area contributed by atoms with Crippen molar-refractivity contribution in [2.24, 2.45) is 0 Å². The smallest absolute Gasteiger partial charge is 0.318 e. The third-order valence-corrected chi connectivity index (χ3v) is 9.54. The van der Waals surface area contributed by atoms with Gasteiger partial charge >= 0.3 is 8.25 Å². The van der Waals surface area contributed by atoms with E-state index in [4.69, 9.17) is 9.05 Å².